The Balaban J connectivity index is 4.01. The van der Waals surface area contributed by atoms with Crippen molar-refractivity contribution in [2.75, 3.05) is 47.5 Å². The van der Waals surface area contributed by atoms with Crippen LogP contribution < -0.4 is 0 Å². The highest BCUT2D eigenvalue weighted by molar-refractivity contribution is 5.71. The minimum atomic E-state index is -1.50. The van der Waals surface area contributed by atoms with E-state index in [1.807, 2.05) is 21.1 Å². The van der Waals surface area contributed by atoms with E-state index in [-0.39, 0.29) is 38.2 Å². The van der Waals surface area contributed by atoms with Crippen molar-refractivity contribution in [3.05, 3.63) is 0 Å². The monoisotopic (exact) mass is 1010 g/mol. The summed E-state index contributed by atoms with van der Waals surface area (Å²) in [6.07, 6.45) is 59.2. The molecule has 9 heteroatoms. The number of carbonyl (C=O) groups is 3. The van der Waals surface area contributed by atoms with Crippen molar-refractivity contribution in [1.29, 1.82) is 0 Å². The first-order valence-electron chi connectivity index (χ1n) is 31.2. The van der Waals surface area contributed by atoms with E-state index in [1.165, 1.54) is 257 Å². The van der Waals surface area contributed by atoms with Crippen LogP contribution in [0.2, 0.25) is 0 Å². The number of nitrogens with zero attached hydrogens (tertiary/aromatic N) is 1. The van der Waals surface area contributed by atoms with E-state index in [4.69, 9.17) is 18.9 Å². The molecule has 0 bridgehead atoms. The van der Waals surface area contributed by atoms with Crippen molar-refractivity contribution in [2.24, 2.45) is 0 Å². The van der Waals surface area contributed by atoms with E-state index in [0.29, 0.717) is 17.4 Å². The fourth-order valence-electron chi connectivity index (χ4n) is 9.55. The average molecular weight is 1010 g/mol. The number of aliphatic carboxylic acids is 1. The van der Waals surface area contributed by atoms with Crippen molar-refractivity contribution in [3.63, 3.8) is 0 Å². The third-order valence-electron chi connectivity index (χ3n) is 14.4. The molecule has 0 radical (unpaired) electrons. The minimum Gasteiger partial charge on any atom is -0.477 e. The van der Waals surface area contributed by atoms with Gasteiger partial charge in [-0.1, -0.05) is 296 Å². The maximum atomic E-state index is 12.9. The number of likely N-dealkylation sites (N-methyl/N-ethyl adjacent to an activating group) is 1. The summed E-state index contributed by atoms with van der Waals surface area (Å²) in [5.41, 5.74) is 0. The molecule has 9 nitrogen and oxygen atoms in total. The van der Waals surface area contributed by atoms with Gasteiger partial charge in [0.25, 0.3) is 6.29 Å². The lowest BCUT2D eigenvalue weighted by atomic mass is 10.0. The molecule has 0 aromatic heterocycles. The lowest BCUT2D eigenvalue weighted by molar-refractivity contribution is -0.870. The van der Waals surface area contributed by atoms with Gasteiger partial charge in [0, 0.05) is 12.8 Å². The molecule has 0 aliphatic carbocycles. The van der Waals surface area contributed by atoms with Gasteiger partial charge in [-0.15, -0.1) is 0 Å². The molecule has 71 heavy (non-hydrogen) atoms. The van der Waals surface area contributed by atoms with Crippen LogP contribution in [0.4, 0.5) is 0 Å². The summed E-state index contributed by atoms with van der Waals surface area (Å²) in [7, 11) is 5.98. The van der Waals surface area contributed by atoms with E-state index < -0.39 is 18.4 Å². The quantitative estimate of drug-likeness (QED) is 0.0278. The van der Waals surface area contributed by atoms with Crippen molar-refractivity contribution < 1.29 is 42.9 Å². The van der Waals surface area contributed by atoms with E-state index >= 15 is 0 Å². The van der Waals surface area contributed by atoms with E-state index in [2.05, 4.69) is 13.8 Å². The molecular formula is C62H122NO8+. The number of quaternary nitrogens is 1. The number of rotatable bonds is 59. The summed E-state index contributed by atoms with van der Waals surface area (Å²) in [5, 5.41) is 9.70. The Kier molecular flexibility index (Phi) is 53.2. The zero-order chi connectivity index (χ0) is 52.0. The Morgan fingerprint density at radius 2 is 0.634 bits per heavy atom. The van der Waals surface area contributed by atoms with Crippen LogP contribution in [0.15, 0.2) is 0 Å². The lowest BCUT2D eigenvalue weighted by Gasteiger charge is -2.25. The maximum Gasteiger partial charge on any atom is 0.361 e. The Hall–Kier alpha value is -1.71. The molecule has 0 aromatic rings. The van der Waals surface area contributed by atoms with Gasteiger partial charge >= 0.3 is 17.9 Å². The molecule has 422 valence electrons. The molecule has 0 aliphatic rings. The zero-order valence-electron chi connectivity index (χ0n) is 48.2. The Labute approximate surface area is 441 Å². The normalized spacial score (nSPS) is 12.6. The third-order valence-corrected chi connectivity index (χ3v) is 14.4. The lowest BCUT2D eigenvalue weighted by Crippen LogP contribution is -2.40. The number of carbonyl (C=O) groups excluding carboxylic acids is 2. The number of hydrogen-bond acceptors (Lipinski definition) is 7. The number of hydrogen-bond donors (Lipinski definition) is 1. The Morgan fingerprint density at radius 3 is 0.901 bits per heavy atom. The third kappa shape index (κ3) is 55.9. The van der Waals surface area contributed by atoms with Crippen molar-refractivity contribution >= 4 is 17.9 Å². The van der Waals surface area contributed by atoms with Crippen LogP contribution in [0.5, 0.6) is 0 Å². The molecule has 0 spiro atoms. The summed E-state index contributed by atoms with van der Waals surface area (Å²) < 4.78 is 22.9. The second kappa shape index (κ2) is 54.5. The Bertz CT molecular complexity index is 1130. The van der Waals surface area contributed by atoms with Crippen LogP contribution >= 0.6 is 0 Å². The second-order valence-corrected chi connectivity index (χ2v) is 22.7. The highest BCUT2D eigenvalue weighted by atomic mass is 16.7. The number of ether oxygens (including phenoxy) is 4. The van der Waals surface area contributed by atoms with Gasteiger partial charge in [0.05, 0.1) is 34.4 Å². The second-order valence-electron chi connectivity index (χ2n) is 22.7. The first-order chi connectivity index (χ1) is 34.6. The standard InChI is InChI=1S/C62H121NO8/c1-6-8-10-12-14-16-18-20-22-23-24-25-26-27-28-29-30-31-32-33-34-35-36-37-38-39-41-43-45-47-49-51-53-60(65)71-58(57-70-62(61(66)67)68-55-54-63(3,4)5)56-69-59(64)52-50-48-46-44-42-40-21-19-17-15-13-11-9-7-2/h58,62H,6-57H2,1-5H3/p+1. The Morgan fingerprint density at radius 1 is 0.366 bits per heavy atom. The van der Waals surface area contributed by atoms with Gasteiger partial charge in [-0.25, -0.2) is 4.79 Å². The van der Waals surface area contributed by atoms with Crippen molar-refractivity contribution in [1.82, 2.24) is 0 Å². The summed E-state index contributed by atoms with van der Waals surface area (Å²) in [6, 6.07) is 0. The summed E-state index contributed by atoms with van der Waals surface area (Å²) in [5.74, 6) is -1.97. The number of carboxylic acid groups (broad SMARTS) is 1. The van der Waals surface area contributed by atoms with Gasteiger partial charge in [0.1, 0.15) is 13.2 Å². The molecular weight excluding hydrogens is 887 g/mol. The van der Waals surface area contributed by atoms with Crippen LogP contribution in [0, 0.1) is 0 Å². The number of unbranched alkanes of at least 4 members (excludes halogenated alkanes) is 44. The summed E-state index contributed by atoms with van der Waals surface area (Å²) in [4.78, 5) is 37.4. The molecule has 0 fully saturated rings. The SMILES string of the molecule is CCCCCCCCCCCCCCCCCCCCCCCCCCCCCCCCCCC(=O)OC(COC(=O)CCCCCCCCCCCCCCCC)COC(OCC[N+](C)(C)C)C(=O)O. The largest absolute Gasteiger partial charge is 0.477 e. The molecule has 1 N–H and O–H groups in total. The smallest absolute Gasteiger partial charge is 0.361 e. The molecule has 0 aliphatic heterocycles. The van der Waals surface area contributed by atoms with Gasteiger partial charge in [0.2, 0.25) is 0 Å². The van der Waals surface area contributed by atoms with E-state index in [1.54, 1.807) is 0 Å². The molecule has 0 heterocycles. The predicted molar refractivity (Wildman–Crippen MR) is 300 cm³/mol. The predicted octanol–water partition coefficient (Wildman–Crippen LogP) is 18.4. The number of esters is 2. The van der Waals surface area contributed by atoms with Crippen molar-refractivity contribution in [3.8, 4) is 0 Å². The van der Waals surface area contributed by atoms with E-state index in [9.17, 15) is 19.5 Å². The van der Waals surface area contributed by atoms with Crippen LogP contribution in [-0.2, 0) is 33.3 Å². The molecule has 0 amide bonds. The van der Waals surface area contributed by atoms with E-state index in [0.717, 1.165) is 38.5 Å². The molecule has 2 atom stereocenters. The molecule has 0 saturated carbocycles. The van der Waals surface area contributed by atoms with Gasteiger partial charge in [-0.05, 0) is 12.8 Å². The molecule has 2 unspecified atom stereocenters. The molecule has 0 aromatic carbocycles. The topological polar surface area (TPSA) is 108 Å². The number of carboxylic acids is 1. The molecule has 0 saturated heterocycles. The van der Waals surface area contributed by atoms with Gasteiger partial charge < -0.3 is 28.5 Å². The highest BCUT2D eigenvalue weighted by Crippen LogP contribution is 2.19. The fraction of sp³-hybridized carbons (Fsp3) is 0.952. The average Bonchev–Trinajstić information content (AvgIpc) is 3.34. The van der Waals surface area contributed by atoms with Crippen LogP contribution in [0.3, 0.4) is 0 Å². The van der Waals surface area contributed by atoms with Crippen LogP contribution in [0.1, 0.15) is 322 Å². The zero-order valence-corrected chi connectivity index (χ0v) is 48.2. The summed E-state index contributed by atoms with van der Waals surface area (Å²) in [6.45, 7) is 4.94. The fourth-order valence-corrected chi connectivity index (χ4v) is 9.55. The summed E-state index contributed by atoms with van der Waals surface area (Å²) >= 11 is 0. The molecule has 0 rings (SSSR count). The van der Waals surface area contributed by atoms with Crippen LogP contribution in [-0.4, -0.2) is 87.4 Å². The van der Waals surface area contributed by atoms with Gasteiger partial charge in [-0.3, -0.25) is 9.59 Å². The minimum absolute atomic E-state index is 0.173. The van der Waals surface area contributed by atoms with Crippen LogP contribution in [0.25, 0.3) is 0 Å². The van der Waals surface area contributed by atoms with Gasteiger partial charge in [-0.2, -0.15) is 0 Å². The first-order valence-corrected chi connectivity index (χ1v) is 31.2. The van der Waals surface area contributed by atoms with Gasteiger partial charge in [0.15, 0.2) is 6.10 Å². The highest BCUT2D eigenvalue weighted by Gasteiger charge is 2.25. The maximum absolute atomic E-state index is 12.9. The first kappa shape index (κ1) is 69.3. The van der Waals surface area contributed by atoms with Crippen molar-refractivity contribution in [2.45, 2.75) is 334 Å².